The average Bonchev–Trinajstić information content (AvgIpc) is 0.814. The van der Waals surface area contributed by atoms with Gasteiger partial charge < -0.3 is 66.0 Å². The van der Waals surface area contributed by atoms with E-state index in [2.05, 4.69) is 21.3 Å². The number of Topliss-reactive ketones (excluding diaryl/α,β-unsaturated/α-hetero) is 1. The average molecular weight is 1350 g/mol. The van der Waals surface area contributed by atoms with Gasteiger partial charge in [-0.15, -0.1) is 0 Å². The van der Waals surface area contributed by atoms with Crippen molar-refractivity contribution in [1.82, 2.24) is 55.6 Å². The van der Waals surface area contributed by atoms with Crippen molar-refractivity contribution < 1.29 is 68.1 Å². The van der Waals surface area contributed by atoms with Gasteiger partial charge in [-0.25, -0.2) is 0 Å². The Labute approximate surface area is 566 Å². The van der Waals surface area contributed by atoms with Gasteiger partial charge >= 0.3 is 0 Å². The van der Waals surface area contributed by atoms with Crippen LogP contribution < -0.4 is 21.3 Å². The van der Waals surface area contributed by atoms with E-state index in [4.69, 9.17) is 0 Å². The van der Waals surface area contributed by atoms with Crippen molar-refractivity contribution in [2.45, 2.75) is 247 Å². The van der Waals surface area contributed by atoms with E-state index < -0.39 is 167 Å². The second-order valence-electron chi connectivity index (χ2n) is 28.6. The van der Waals surface area contributed by atoms with E-state index >= 15 is 19.2 Å². The number of nitrogens with one attached hydrogen (secondary N) is 4. The standard InChI is InChI=1S/C68H123N11O14S/c1-25-27-30-44(13)57(82)56-61(86)71-47(26-2)63(88)77(22)52(38-94-32-29-28-31-80)53(81)37-73(18)51(36-68(16,17)93)60(85)72-54(42(9)10)66(91)74(19)48(33-39(3)4)59(84)69-45(14)58(83)70-46(15)62(87)75(20)49(34-40(5)6)64(89)76(21)50(35-41(7)8)65(90)78(23)55(43(11)12)67(92)79(56)24/h25,27,39-52,54-57,80,82,93H,26,28-38H2,1-24H3,(H,69,84)(H,70,83)(H,71,86)(H,72,85)/b27-25+/t44-,45+,46-,47+,48+,49+,50+,51+,52+,54+,55+,56+,57-/m1/s1. The SMILES string of the molecule is C/C=C/C[C@@H](C)[C@@H](O)[C@H]1C(=O)N[C@@H](CC)C(=O)N(C)[C@@H](CSCCCCO)C(=O)CN(C)[C@@H](CC(C)(C)O)C(=O)N[C@@H](C(C)C)C(=O)N(C)[C@@H](CC(C)C)C(=O)N[C@@H](C)C(=O)N[C@H](C)C(=O)N(C)[C@@H](CC(C)C)C(=O)N(C)[C@@H](CC(C)C)C(=O)N(C)[C@@H](C(C)C)C(=O)N1C. The van der Waals surface area contributed by atoms with Gasteiger partial charge in [-0.05, 0) is 128 Å². The number of nitrogens with zero attached hydrogens (tertiary/aromatic N) is 7. The van der Waals surface area contributed by atoms with E-state index in [0.29, 0.717) is 18.6 Å². The number of carbonyl (C=O) groups is 11. The number of rotatable bonds is 21. The molecule has 1 rings (SSSR count). The molecule has 0 aliphatic carbocycles. The molecule has 1 aliphatic heterocycles. The number of aliphatic hydroxyl groups excluding tert-OH is 2. The molecule has 0 aromatic rings. The van der Waals surface area contributed by atoms with Crippen molar-refractivity contribution in [3.63, 3.8) is 0 Å². The quantitative estimate of drug-likeness (QED) is 0.0641. The molecule has 0 aromatic carbocycles. The Kier molecular flexibility index (Phi) is 36.8. The fourth-order valence-corrected chi connectivity index (χ4v) is 12.9. The number of likely N-dealkylation sites (N-methyl/N-ethyl adjacent to an activating group) is 7. The Morgan fingerprint density at radius 1 is 0.543 bits per heavy atom. The minimum absolute atomic E-state index is 0.0123. The maximum absolute atomic E-state index is 15.3. The molecule has 540 valence electrons. The van der Waals surface area contributed by atoms with Gasteiger partial charge in [0, 0.05) is 61.1 Å². The largest absolute Gasteiger partial charge is 0.396 e. The fraction of sp³-hybridized carbons (Fsp3) is 0.809. The molecule has 7 N–H and O–H groups in total. The highest BCUT2D eigenvalue weighted by atomic mass is 32.2. The smallest absolute Gasteiger partial charge is 0.246 e. The zero-order valence-electron chi connectivity index (χ0n) is 61.4. The topological polar surface area (TPSA) is 319 Å². The van der Waals surface area contributed by atoms with Crippen molar-refractivity contribution in [1.29, 1.82) is 0 Å². The van der Waals surface area contributed by atoms with Crippen LogP contribution in [-0.2, 0) is 52.7 Å². The van der Waals surface area contributed by atoms with Crippen molar-refractivity contribution in [3.05, 3.63) is 12.2 Å². The third-order valence-electron chi connectivity index (χ3n) is 17.6. The number of aliphatic hydroxyl groups is 3. The highest BCUT2D eigenvalue weighted by Crippen LogP contribution is 2.26. The Morgan fingerprint density at radius 3 is 1.49 bits per heavy atom. The van der Waals surface area contributed by atoms with Crippen LogP contribution in [0.4, 0.5) is 0 Å². The lowest BCUT2D eigenvalue weighted by molar-refractivity contribution is -0.157. The van der Waals surface area contributed by atoms with E-state index in [1.165, 1.54) is 118 Å². The Bertz CT molecular complexity index is 2540. The summed E-state index contributed by atoms with van der Waals surface area (Å²) in [6, 6.07) is -14.0. The number of hydrogen-bond acceptors (Lipinski definition) is 16. The van der Waals surface area contributed by atoms with Crippen LogP contribution in [0.3, 0.4) is 0 Å². The molecule has 0 spiro atoms. The maximum Gasteiger partial charge on any atom is 0.246 e. The maximum atomic E-state index is 15.3. The fourth-order valence-electron chi connectivity index (χ4n) is 11.7. The van der Waals surface area contributed by atoms with Crippen molar-refractivity contribution in [2.75, 3.05) is 74.0 Å². The summed E-state index contributed by atoms with van der Waals surface area (Å²) in [6.07, 6.45) is 3.55. The first-order chi connectivity index (χ1) is 43.4. The van der Waals surface area contributed by atoms with E-state index in [0.717, 1.165) is 4.90 Å². The number of ketones is 1. The highest BCUT2D eigenvalue weighted by molar-refractivity contribution is 7.99. The highest BCUT2D eigenvalue weighted by Gasteiger charge is 2.46. The Morgan fingerprint density at radius 2 is 1.01 bits per heavy atom. The first-order valence-electron chi connectivity index (χ1n) is 33.7. The number of hydrogen-bond donors (Lipinski definition) is 7. The molecule has 1 fully saturated rings. The monoisotopic (exact) mass is 1350 g/mol. The van der Waals surface area contributed by atoms with E-state index in [1.54, 1.807) is 60.6 Å². The first-order valence-corrected chi connectivity index (χ1v) is 34.9. The second-order valence-corrected chi connectivity index (χ2v) is 29.8. The summed E-state index contributed by atoms with van der Waals surface area (Å²) in [5, 5.41) is 44.1. The minimum Gasteiger partial charge on any atom is -0.396 e. The Hall–Kier alpha value is -5.70. The summed E-state index contributed by atoms with van der Waals surface area (Å²) >= 11 is 1.35. The predicted octanol–water partition coefficient (Wildman–Crippen LogP) is 3.30. The molecule has 1 saturated heterocycles. The summed E-state index contributed by atoms with van der Waals surface area (Å²) in [4.78, 5) is 172. The van der Waals surface area contributed by atoms with E-state index in [9.17, 15) is 48.9 Å². The van der Waals surface area contributed by atoms with Crippen LogP contribution in [0.5, 0.6) is 0 Å². The zero-order valence-corrected chi connectivity index (χ0v) is 62.2. The van der Waals surface area contributed by atoms with Crippen molar-refractivity contribution >= 4 is 76.6 Å². The van der Waals surface area contributed by atoms with Crippen molar-refractivity contribution in [3.8, 4) is 0 Å². The molecule has 26 heteroatoms. The van der Waals surface area contributed by atoms with Crippen LogP contribution in [0.2, 0.25) is 0 Å². The van der Waals surface area contributed by atoms with Gasteiger partial charge in [-0.3, -0.25) is 57.6 Å². The third-order valence-corrected chi connectivity index (χ3v) is 18.7. The van der Waals surface area contributed by atoms with Gasteiger partial charge in [0.25, 0.3) is 0 Å². The van der Waals surface area contributed by atoms with Crippen LogP contribution in [0.15, 0.2) is 12.2 Å². The van der Waals surface area contributed by atoms with Gasteiger partial charge in [0.2, 0.25) is 59.1 Å². The number of amides is 10. The molecule has 0 saturated carbocycles. The van der Waals surface area contributed by atoms with Crippen LogP contribution in [0, 0.1) is 35.5 Å². The van der Waals surface area contributed by atoms with Gasteiger partial charge in [0.1, 0.15) is 60.4 Å². The molecular weight excluding hydrogens is 1230 g/mol. The van der Waals surface area contributed by atoms with Gasteiger partial charge in [-0.1, -0.05) is 95.2 Å². The molecule has 0 bridgehead atoms. The molecule has 94 heavy (non-hydrogen) atoms. The lowest BCUT2D eigenvalue weighted by Crippen LogP contribution is -2.64. The summed E-state index contributed by atoms with van der Waals surface area (Å²) in [6.45, 7) is 28.5. The number of unbranched alkanes of at least 4 members (excludes halogenated alkanes) is 1. The van der Waals surface area contributed by atoms with Crippen LogP contribution in [-0.4, -0.2) is 267 Å². The lowest BCUT2D eigenvalue weighted by atomic mass is 9.91. The normalized spacial score (nSPS) is 26.7. The zero-order chi connectivity index (χ0) is 72.7. The van der Waals surface area contributed by atoms with E-state index in [1.807, 2.05) is 41.5 Å². The van der Waals surface area contributed by atoms with E-state index in [-0.39, 0.29) is 68.6 Å². The molecule has 25 nitrogen and oxygen atoms in total. The summed E-state index contributed by atoms with van der Waals surface area (Å²) in [5.41, 5.74) is -1.51. The summed E-state index contributed by atoms with van der Waals surface area (Å²) in [7, 11) is 10.0. The van der Waals surface area contributed by atoms with Crippen LogP contribution in [0.25, 0.3) is 0 Å². The van der Waals surface area contributed by atoms with Gasteiger partial charge in [0.05, 0.1) is 24.3 Å². The molecule has 13 atom stereocenters. The predicted molar refractivity (Wildman–Crippen MR) is 367 cm³/mol. The molecular formula is C68H123N11O14S. The molecule has 1 aliphatic rings. The lowest BCUT2D eigenvalue weighted by Gasteiger charge is -2.41. The number of allylic oxidation sites excluding steroid dienone is 2. The third kappa shape index (κ3) is 25.7. The first kappa shape index (κ1) is 86.3. The van der Waals surface area contributed by atoms with Gasteiger partial charge in [-0.2, -0.15) is 11.8 Å². The summed E-state index contributed by atoms with van der Waals surface area (Å²) in [5.74, 6) is -9.35. The second kappa shape index (κ2) is 40.1. The minimum atomic E-state index is -1.65. The molecule has 0 aromatic heterocycles. The number of thioether (sulfide) groups is 1. The summed E-state index contributed by atoms with van der Waals surface area (Å²) < 4.78 is 0. The van der Waals surface area contributed by atoms with Gasteiger partial charge in [0.15, 0.2) is 5.78 Å². The van der Waals surface area contributed by atoms with Crippen molar-refractivity contribution in [2.24, 2.45) is 35.5 Å². The number of carbonyl (C=O) groups excluding carboxylic acids is 11. The molecule has 10 amide bonds. The Balaban J connectivity index is 4.50. The van der Waals surface area contributed by atoms with Crippen LogP contribution in [0.1, 0.15) is 169 Å². The molecule has 0 unspecified atom stereocenters. The van der Waals surface area contributed by atoms with Crippen LogP contribution >= 0.6 is 11.8 Å². The molecule has 0 radical (unpaired) electrons. The molecule has 1 heterocycles.